The van der Waals surface area contributed by atoms with Crippen molar-refractivity contribution in [3.8, 4) is 0 Å². The van der Waals surface area contributed by atoms with E-state index in [9.17, 15) is 9.59 Å². The topological polar surface area (TPSA) is 62.3 Å². The largest absolute Gasteiger partial charge is 0.351 e. The molecule has 2 fully saturated rings. The Morgan fingerprint density at radius 2 is 2.39 bits per heavy atom. The van der Waals surface area contributed by atoms with Crippen molar-refractivity contribution in [3.05, 3.63) is 16.6 Å². The van der Waals surface area contributed by atoms with E-state index in [1.165, 1.54) is 11.3 Å². The van der Waals surface area contributed by atoms with Crippen LogP contribution in [-0.4, -0.2) is 40.8 Å². The van der Waals surface area contributed by atoms with Crippen molar-refractivity contribution in [2.45, 2.75) is 25.3 Å². The summed E-state index contributed by atoms with van der Waals surface area (Å²) in [5.74, 6) is 0.503. The van der Waals surface area contributed by atoms with E-state index in [2.05, 4.69) is 10.3 Å². The fourth-order valence-corrected chi connectivity index (χ4v) is 3.30. The summed E-state index contributed by atoms with van der Waals surface area (Å²) in [7, 11) is 0. The van der Waals surface area contributed by atoms with E-state index in [0.29, 0.717) is 24.6 Å². The predicted octanol–water partition coefficient (Wildman–Crippen LogP) is 0.884. The third kappa shape index (κ3) is 2.12. The van der Waals surface area contributed by atoms with E-state index >= 15 is 0 Å². The Kier molecular flexibility index (Phi) is 3.03. The standard InChI is InChI=1S/C12H15N3O2S/c16-11-3-1-2-8-4-15(5-9(8)14-11)12(17)10-6-18-7-13-10/h6-9H,1-5H2,(H,14,16)/t8-,9+/m1/s1. The van der Waals surface area contributed by atoms with Crippen LogP contribution in [0.25, 0.3) is 0 Å². The number of nitrogens with one attached hydrogen (secondary N) is 1. The molecule has 96 valence electrons. The van der Waals surface area contributed by atoms with Crippen LogP contribution < -0.4 is 5.32 Å². The van der Waals surface area contributed by atoms with Crippen molar-refractivity contribution in [2.75, 3.05) is 13.1 Å². The quantitative estimate of drug-likeness (QED) is 0.820. The minimum absolute atomic E-state index is 0.0152. The zero-order valence-electron chi connectivity index (χ0n) is 9.96. The number of carbonyl (C=O) groups excluding carboxylic acids is 2. The van der Waals surface area contributed by atoms with E-state index in [1.807, 2.05) is 4.90 Å². The molecular weight excluding hydrogens is 250 g/mol. The van der Waals surface area contributed by atoms with Gasteiger partial charge in [0.2, 0.25) is 5.91 Å². The SMILES string of the molecule is O=C1CCC[C@@H]2CN(C(=O)c3cscn3)C[C@@H]2N1. The average Bonchev–Trinajstić information content (AvgIpc) is 2.96. The minimum Gasteiger partial charge on any atom is -0.351 e. The minimum atomic E-state index is -0.0152. The van der Waals surface area contributed by atoms with Crippen molar-refractivity contribution < 1.29 is 9.59 Å². The molecule has 2 aliphatic rings. The van der Waals surface area contributed by atoms with Crippen LogP contribution in [0.5, 0.6) is 0 Å². The Bertz CT molecular complexity index is 460. The molecule has 0 radical (unpaired) electrons. The Balaban J connectivity index is 1.71. The Hall–Kier alpha value is -1.43. The van der Waals surface area contributed by atoms with Crippen molar-refractivity contribution in [1.82, 2.24) is 15.2 Å². The second-order valence-corrected chi connectivity index (χ2v) is 5.63. The van der Waals surface area contributed by atoms with Crippen molar-refractivity contribution in [3.63, 3.8) is 0 Å². The Morgan fingerprint density at radius 3 is 3.17 bits per heavy atom. The number of likely N-dealkylation sites (tertiary alicyclic amines) is 1. The molecule has 0 aliphatic carbocycles. The number of aromatic nitrogens is 1. The van der Waals surface area contributed by atoms with Gasteiger partial charge in [-0.3, -0.25) is 9.59 Å². The first-order chi connectivity index (χ1) is 8.74. The summed E-state index contributed by atoms with van der Waals surface area (Å²) in [6.07, 6.45) is 2.56. The van der Waals surface area contributed by atoms with Crippen LogP contribution in [0.4, 0.5) is 0 Å². The summed E-state index contributed by atoms with van der Waals surface area (Å²) in [5, 5.41) is 4.79. The predicted molar refractivity (Wildman–Crippen MR) is 67.3 cm³/mol. The molecule has 3 heterocycles. The zero-order valence-corrected chi connectivity index (χ0v) is 10.8. The van der Waals surface area contributed by atoms with Gasteiger partial charge in [-0.25, -0.2) is 4.98 Å². The van der Waals surface area contributed by atoms with Gasteiger partial charge < -0.3 is 10.2 Å². The third-order valence-electron chi connectivity index (χ3n) is 3.70. The lowest BCUT2D eigenvalue weighted by Gasteiger charge is -2.15. The van der Waals surface area contributed by atoms with Gasteiger partial charge in [0, 0.05) is 24.9 Å². The second kappa shape index (κ2) is 4.68. The number of thiazole rings is 1. The highest BCUT2D eigenvalue weighted by atomic mass is 32.1. The summed E-state index contributed by atoms with van der Waals surface area (Å²) in [5.41, 5.74) is 2.19. The van der Waals surface area contributed by atoms with Gasteiger partial charge in [-0.1, -0.05) is 0 Å². The van der Waals surface area contributed by atoms with Crippen LogP contribution >= 0.6 is 11.3 Å². The normalized spacial score (nSPS) is 27.6. The van der Waals surface area contributed by atoms with Crippen molar-refractivity contribution >= 4 is 23.2 Å². The fraction of sp³-hybridized carbons (Fsp3) is 0.583. The monoisotopic (exact) mass is 265 g/mol. The summed E-state index contributed by atoms with van der Waals surface area (Å²) in [4.78, 5) is 29.5. The molecule has 0 spiro atoms. The summed E-state index contributed by atoms with van der Waals surface area (Å²) >= 11 is 1.43. The van der Waals surface area contributed by atoms with E-state index in [1.54, 1.807) is 10.9 Å². The molecule has 1 aromatic heterocycles. The van der Waals surface area contributed by atoms with Crippen LogP contribution in [-0.2, 0) is 4.79 Å². The van der Waals surface area contributed by atoms with Gasteiger partial charge in [-0.05, 0) is 18.8 Å². The Morgan fingerprint density at radius 1 is 1.50 bits per heavy atom. The molecule has 2 atom stereocenters. The Labute approximate surface area is 109 Å². The van der Waals surface area contributed by atoms with Gasteiger partial charge in [0.25, 0.3) is 5.91 Å². The van der Waals surface area contributed by atoms with Gasteiger partial charge in [0.15, 0.2) is 0 Å². The van der Waals surface area contributed by atoms with Crippen molar-refractivity contribution in [1.29, 1.82) is 0 Å². The van der Waals surface area contributed by atoms with Gasteiger partial charge in [0.1, 0.15) is 5.69 Å². The third-order valence-corrected chi connectivity index (χ3v) is 4.29. The molecule has 0 saturated carbocycles. The number of hydrogen-bond acceptors (Lipinski definition) is 4. The van der Waals surface area contributed by atoms with Gasteiger partial charge in [-0.15, -0.1) is 11.3 Å². The molecule has 2 amide bonds. The molecule has 0 bridgehead atoms. The molecule has 3 rings (SSSR count). The van der Waals surface area contributed by atoms with Crippen LogP contribution in [0.2, 0.25) is 0 Å². The maximum absolute atomic E-state index is 12.2. The molecule has 2 saturated heterocycles. The molecule has 1 aromatic rings. The molecule has 5 nitrogen and oxygen atoms in total. The number of amides is 2. The van der Waals surface area contributed by atoms with Crippen LogP contribution in [0.15, 0.2) is 10.9 Å². The van der Waals surface area contributed by atoms with Gasteiger partial charge >= 0.3 is 0 Å². The van der Waals surface area contributed by atoms with Gasteiger partial charge in [0.05, 0.1) is 11.6 Å². The first-order valence-electron chi connectivity index (χ1n) is 6.21. The zero-order chi connectivity index (χ0) is 12.5. The number of fused-ring (bicyclic) bond motifs is 1. The lowest BCUT2D eigenvalue weighted by atomic mass is 9.99. The molecule has 1 N–H and O–H groups in total. The number of carbonyl (C=O) groups is 2. The average molecular weight is 265 g/mol. The highest BCUT2D eigenvalue weighted by Crippen LogP contribution is 2.26. The highest BCUT2D eigenvalue weighted by molar-refractivity contribution is 7.07. The van der Waals surface area contributed by atoms with Crippen LogP contribution in [0.1, 0.15) is 29.8 Å². The van der Waals surface area contributed by atoms with E-state index in [0.717, 1.165) is 19.4 Å². The second-order valence-electron chi connectivity index (χ2n) is 4.91. The molecule has 2 aliphatic heterocycles. The first kappa shape index (κ1) is 11.6. The number of nitrogens with zero attached hydrogens (tertiary/aromatic N) is 2. The molecule has 0 unspecified atom stereocenters. The number of hydrogen-bond donors (Lipinski definition) is 1. The van der Waals surface area contributed by atoms with E-state index in [4.69, 9.17) is 0 Å². The highest BCUT2D eigenvalue weighted by Gasteiger charge is 2.37. The molecular formula is C12H15N3O2S. The maximum atomic E-state index is 12.2. The fourth-order valence-electron chi connectivity index (χ4n) is 2.78. The summed E-state index contributed by atoms with van der Waals surface area (Å²) in [6, 6.07) is 0.127. The maximum Gasteiger partial charge on any atom is 0.273 e. The van der Waals surface area contributed by atoms with Crippen molar-refractivity contribution in [2.24, 2.45) is 5.92 Å². The lowest BCUT2D eigenvalue weighted by molar-refractivity contribution is -0.121. The molecule has 0 aromatic carbocycles. The number of rotatable bonds is 1. The summed E-state index contributed by atoms with van der Waals surface area (Å²) in [6.45, 7) is 1.36. The molecule has 6 heteroatoms. The van der Waals surface area contributed by atoms with Crippen LogP contribution in [0.3, 0.4) is 0 Å². The summed E-state index contributed by atoms with van der Waals surface area (Å²) < 4.78 is 0. The smallest absolute Gasteiger partial charge is 0.273 e. The van der Waals surface area contributed by atoms with E-state index in [-0.39, 0.29) is 17.9 Å². The molecule has 18 heavy (non-hydrogen) atoms. The van der Waals surface area contributed by atoms with E-state index < -0.39 is 0 Å². The van der Waals surface area contributed by atoms with Gasteiger partial charge in [-0.2, -0.15) is 0 Å². The first-order valence-corrected chi connectivity index (χ1v) is 7.15. The lowest BCUT2D eigenvalue weighted by Crippen LogP contribution is -2.39. The van der Waals surface area contributed by atoms with Crippen LogP contribution in [0, 0.1) is 5.92 Å².